The Hall–Kier alpha value is -1.12. The van der Waals surface area contributed by atoms with Crippen LogP contribution in [-0.2, 0) is 14.3 Å². The van der Waals surface area contributed by atoms with Crippen molar-refractivity contribution in [2.75, 3.05) is 6.61 Å². The largest absolute Gasteiger partial charge is 0.465 e. The molecule has 0 heterocycles. The quantitative estimate of drug-likeness (QED) is 0.708. The van der Waals surface area contributed by atoms with Crippen molar-refractivity contribution in [3.8, 4) is 0 Å². The molecule has 0 N–H and O–H groups in total. The van der Waals surface area contributed by atoms with Gasteiger partial charge in [0.05, 0.1) is 12.0 Å². The second-order valence-electron chi connectivity index (χ2n) is 5.02. The molecule has 17 heavy (non-hydrogen) atoms. The van der Waals surface area contributed by atoms with Gasteiger partial charge in [-0.1, -0.05) is 6.42 Å². The number of hydrogen-bond donors (Lipinski definition) is 0. The van der Waals surface area contributed by atoms with Gasteiger partial charge in [0.2, 0.25) is 0 Å². The summed E-state index contributed by atoms with van der Waals surface area (Å²) in [5.41, 5.74) is 1.54. The van der Waals surface area contributed by atoms with E-state index in [9.17, 15) is 9.59 Å². The number of carbonyl (C=O) groups excluding carboxylic acids is 2. The van der Waals surface area contributed by atoms with E-state index in [0.717, 1.165) is 49.7 Å². The molecule has 0 bridgehead atoms. The number of ether oxygens (including phenoxy) is 1. The van der Waals surface area contributed by atoms with Crippen molar-refractivity contribution in [1.82, 2.24) is 0 Å². The van der Waals surface area contributed by atoms with Crippen LogP contribution in [0.25, 0.3) is 0 Å². The summed E-state index contributed by atoms with van der Waals surface area (Å²) in [6.45, 7) is 3.86. The molecule has 2 rings (SSSR count). The second-order valence-corrected chi connectivity index (χ2v) is 5.02. The van der Waals surface area contributed by atoms with Gasteiger partial charge in [-0.25, -0.2) is 0 Å². The molecule has 2 aliphatic rings. The summed E-state index contributed by atoms with van der Waals surface area (Å²) in [7, 11) is 0. The number of esters is 1. The van der Waals surface area contributed by atoms with E-state index < -0.39 is 5.41 Å². The minimum absolute atomic E-state index is 0.106. The van der Waals surface area contributed by atoms with E-state index in [1.54, 1.807) is 6.92 Å². The van der Waals surface area contributed by atoms with Crippen molar-refractivity contribution in [2.45, 2.75) is 52.4 Å². The van der Waals surface area contributed by atoms with Crippen LogP contribution in [0.3, 0.4) is 0 Å². The summed E-state index contributed by atoms with van der Waals surface area (Å²) >= 11 is 0. The van der Waals surface area contributed by atoms with Gasteiger partial charge < -0.3 is 4.74 Å². The smallest absolute Gasteiger partial charge is 0.316 e. The van der Waals surface area contributed by atoms with Gasteiger partial charge in [0.1, 0.15) is 0 Å². The summed E-state index contributed by atoms with van der Waals surface area (Å²) in [6.07, 6.45) is 5.44. The molecule has 0 spiro atoms. The Morgan fingerprint density at radius 3 is 2.65 bits per heavy atom. The molecule has 0 aliphatic heterocycles. The van der Waals surface area contributed by atoms with E-state index in [1.807, 2.05) is 6.92 Å². The molecule has 1 saturated carbocycles. The highest BCUT2D eigenvalue weighted by molar-refractivity contribution is 5.97. The first kappa shape index (κ1) is 12.3. The topological polar surface area (TPSA) is 43.4 Å². The first-order valence-electron chi connectivity index (χ1n) is 6.52. The van der Waals surface area contributed by atoms with Crippen LogP contribution in [0.5, 0.6) is 0 Å². The van der Waals surface area contributed by atoms with Crippen LogP contribution in [-0.4, -0.2) is 18.4 Å². The monoisotopic (exact) mass is 236 g/mol. The Labute approximate surface area is 102 Å². The van der Waals surface area contributed by atoms with Crippen LogP contribution in [0, 0.1) is 5.41 Å². The molecule has 1 fully saturated rings. The molecule has 2 aliphatic carbocycles. The van der Waals surface area contributed by atoms with E-state index in [2.05, 4.69) is 0 Å². The van der Waals surface area contributed by atoms with Gasteiger partial charge in [-0.05, 0) is 57.1 Å². The predicted molar refractivity (Wildman–Crippen MR) is 64.5 cm³/mol. The highest BCUT2D eigenvalue weighted by Crippen LogP contribution is 2.52. The Morgan fingerprint density at radius 1 is 1.24 bits per heavy atom. The zero-order chi connectivity index (χ0) is 12.5. The Morgan fingerprint density at radius 2 is 2.00 bits per heavy atom. The van der Waals surface area contributed by atoms with Crippen molar-refractivity contribution in [2.24, 2.45) is 5.41 Å². The van der Waals surface area contributed by atoms with Crippen LogP contribution in [0.15, 0.2) is 11.1 Å². The number of hydrogen-bond acceptors (Lipinski definition) is 3. The highest BCUT2D eigenvalue weighted by atomic mass is 16.5. The molecule has 0 aromatic rings. The number of ketones is 1. The third-order valence-electron chi connectivity index (χ3n) is 4.12. The first-order chi connectivity index (χ1) is 8.12. The molecule has 94 valence electrons. The molecule has 3 heteroatoms. The van der Waals surface area contributed by atoms with Crippen molar-refractivity contribution >= 4 is 11.8 Å². The summed E-state index contributed by atoms with van der Waals surface area (Å²) in [5, 5.41) is 0. The third-order valence-corrected chi connectivity index (χ3v) is 4.12. The zero-order valence-corrected chi connectivity index (χ0v) is 10.7. The fourth-order valence-corrected chi connectivity index (χ4v) is 3.31. The molecule has 0 radical (unpaired) electrons. The van der Waals surface area contributed by atoms with Crippen LogP contribution in [0.2, 0.25) is 0 Å². The molecular weight excluding hydrogens is 216 g/mol. The van der Waals surface area contributed by atoms with Gasteiger partial charge in [0.15, 0.2) is 5.78 Å². The molecular formula is C14H20O3. The first-order valence-corrected chi connectivity index (χ1v) is 6.52. The average molecular weight is 236 g/mol. The molecule has 0 saturated heterocycles. The van der Waals surface area contributed by atoms with Gasteiger partial charge in [-0.3, -0.25) is 9.59 Å². The summed E-state index contributed by atoms with van der Waals surface area (Å²) in [4.78, 5) is 23.8. The molecule has 0 aromatic carbocycles. The van der Waals surface area contributed by atoms with E-state index in [0.29, 0.717) is 6.61 Å². The van der Waals surface area contributed by atoms with Crippen molar-refractivity contribution in [1.29, 1.82) is 0 Å². The predicted octanol–water partition coefficient (Wildman–Crippen LogP) is 2.79. The Bertz CT molecular complexity index is 381. The maximum atomic E-state index is 12.2. The van der Waals surface area contributed by atoms with Crippen LogP contribution in [0.1, 0.15) is 52.4 Å². The SMILES string of the molecule is CCOC(=O)C12CCCCC1=C(C(C)=O)CC2. The summed E-state index contributed by atoms with van der Waals surface area (Å²) < 4.78 is 5.23. The number of allylic oxidation sites excluding steroid dienone is 1. The summed E-state index contributed by atoms with van der Waals surface area (Å²) in [5.74, 6) is 0.0269. The van der Waals surface area contributed by atoms with Crippen LogP contribution in [0.4, 0.5) is 0 Å². The van der Waals surface area contributed by atoms with E-state index in [1.165, 1.54) is 0 Å². The molecule has 1 atom stereocenters. The molecule has 0 aromatic heterocycles. The van der Waals surface area contributed by atoms with E-state index in [4.69, 9.17) is 4.74 Å². The number of fused-ring (bicyclic) bond motifs is 1. The second kappa shape index (κ2) is 4.63. The fourth-order valence-electron chi connectivity index (χ4n) is 3.31. The van der Waals surface area contributed by atoms with Gasteiger partial charge in [0, 0.05) is 0 Å². The lowest BCUT2D eigenvalue weighted by Gasteiger charge is -2.34. The maximum Gasteiger partial charge on any atom is 0.316 e. The van der Waals surface area contributed by atoms with E-state index in [-0.39, 0.29) is 11.8 Å². The normalized spacial score (nSPS) is 27.9. The lowest BCUT2D eigenvalue weighted by Crippen LogP contribution is -2.35. The lowest BCUT2D eigenvalue weighted by atomic mass is 9.71. The van der Waals surface area contributed by atoms with E-state index >= 15 is 0 Å². The fraction of sp³-hybridized carbons (Fsp3) is 0.714. The minimum atomic E-state index is -0.449. The van der Waals surface area contributed by atoms with Gasteiger partial charge in [0.25, 0.3) is 0 Å². The van der Waals surface area contributed by atoms with Crippen molar-refractivity contribution in [3.63, 3.8) is 0 Å². The van der Waals surface area contributed by atoms with Gasteiger partial charge >= 0.3 is 5.97 Å². The number of Topliss-reactive ketones (excluding diaryl/α,β-unsaturated/α-hetero) is 1. The Kier molecular flexibility index (Phi) is 3.36. The highest BCUT2D eigenvalue weighted by Gasteiger charge is 2.49. The standard InChI is InChI=1S/C14H20O3/c1-3-17-13(16)14-8-5-4-6-12(14)11(7-9-14)10(2)15/h3-9H2,1-2H3. The summed E-state index contributed by atoms with van der Waals surface area (Å²) in [6, 6.07) is 0. The third kappa shape index (κ3) is 1.92. The lowest BCUT2D eigenvalue weighted by molar-refractivity contribution is -0.154. The average Bonchev–Trinajstić information content (AvgIpc) is 2.70. The van der Waals surface area contributed by atoms with Gasteiger partial charge in [-0.2, -0.15) is 0 Å². The van der Waals surface area contributed by atoms with Crippen LogP contribution >= 0.6 is 0 Å². The van der Waals surface area contributed by atoms with Crippen LogP contribution < -0.4 is 0 Å². The van der Waals surface area contributed by atoms with Crippen molar-refractivity contribution < 1.29 is 14.3 Å². The minimum Gasteiger partial charge on any atom is -0.465 e. The maximum absolute atomic E-state index is 12.2. The molecule has 3 nitrogen and oxygen atoms in total. The van der Waals surface area contributed by atoms with Crippen molar-refractivity contribution in [3.05, 3.63) is 11.1 Å². The number of carbonyl (C=O) groups is 2. The Balaban J connectivity index is 2.37. The van der Waals surface area contributed by atoms with Gasteiger partial charge in [-0.15, -0.1) is 0 Å². The zero-order valence-electron chi connectivity index (χ0n) is 10.7. The number of rotatable bonds is 3. The molecule has 1 unspecified atom stereocenters. The molecule has 0 amide bonds.